The standard InChI is InChI=1S/C22H20F3O9PS/c1-31-19(27)17(15-16(20(28)36-2)21(29,22(23,24)25)32-18(15)26)35(30,33-13-9-5-3-6-10-13)34-14-11-7-4-8-12-14/h3-12,15-17,29H,1-2H3/t15-,16-,17+,21+/m0/s1. The van der Waals surface area contributed by atoms with Crippen LogP contribution in [0.15, 0.2) is 60.7 Å². The summed E-state index contributed by atoms with van der Waals surface area (Å²) in [5.41, 5.74) is -2.44. The van der Waals surface area contributed by atoms with Crippen LogP contribution >= 0.6 is 19.4 Å². The molecule has 0 unspecified atom stereocenters. The quantitative estimate of drug-likeness (QED) is 0.385. The molecule has 194 valence electrons. The molecule has 0 saturated carbocycles. The molecule has 36 heavy (non-hydrogen) atoms. The van der Waals surface area contributed by atoms with Gasteiger partial charge in [0, 0.05) is 0 Å². The first kappa shape index (κ1) is 27.6. The fraction of sp³-hybridized carbons (Fsp3) is 0.318. The summed E-state index contributed by atoms with van der Waals surface area (Å²) in [6.07, 6.45) is -4.54. The number of methoxy groups -OCH3 is 1. The van der Waals surface area contributed by atoms with E-state index in [1.807, 2.05) is 0 Å². The molecular formula is C22H20F3O9PS. The van der Waals surface area contributed by atoms with Crippen molar-refractivity contribution in [3.05, 3.63) is 60.7 Å². The highest BCUT2D eigenvalue weighted by Crippen LogP contribution is 2.60. The predicted octanol–water partition coefficient (Wildman–Crippen LogP) is 3.81. The molecule has 14 heteroatoms. The van der Waals surface area contributed by atoms with Gasteiger partial charge in [0.05, 0.1) is 7.11 Å². The fourth-order valence-corrected chi connectivity index (χ4v) is 6.33. The number of thioether (sulfide) groups is 1. The number of para-hydroxylation sites is 2. The van der Waals surface area contributed by atoms with Crippen molar-refractivity contribution in [3.63, 3.8) is 0 Å². The van der Waals surface area contributed by atoms with E-state index in [-0.39, 0.29) is 23.3 Å². The Bertz CT molecular complexity index is 1120. The van der Waals surface area contributed by atoms with Gasteiger partial charge in [-0.05, 0) is 30.5 Å². The first-order chi connectivity index (χ1) is 16.9. The molecule has 2 aromatic rings. The van der Waals surface area contributed by atoms with E-state index in [0.29, 0.717) is 0 Å². The Hall–Kier alpha value is -3.02. The number of cyclic esters (lactones) is 1. The molecule has 4 atom stereocenters. The third kappa shape index (κ3) is 5.23. The molecule has 1 fully saturated rings. The lowest BCUT2D eigenvalue weighted by molar-refractivity contribution is -0.351. The number of aliphatic hydroxyl groups is 1. The Balaban J connectivity index is 2.23. The predicted molar refractivity (Wildman–Crippen MR) is 120 cm³/mol. The van der Waals surface area contributed by atoms with Gasteiger partial charge >= 0.3 is 31.5 Å². The fourth-order valence-electron chi connectivity index (χ4n) is 3.62. The third-order valence-corrected chi connectivity index (χ3v) is 8.05. The molecule has 1 N–H and O–H groups in total. The molecule has 9 nitrogen and oxygen atoms in total. The Morgan fingerprint density at radius 1 is 1.06 bits per heavy atom. The number of halogens is 3. The monoisotopic (exact) mass is 548 g/mol. The summed E-state index contributed by atoms with van der Waals surface area (Å²) in [5, 5.41) is 9.00. The van der Waals surface area contributed by atoms with Crippen LogP contribution < -0.4 is 9.05 Å². The maximum absolute atomic E-state index is 14.3. The van der Waals surface area contributed by atoms with E-state index >= 15 is 0 Å². The summed E-state index contributed by atoms with van der Waals surface area (Å²) < 4.78 is 75.7. The summed E-state index contributed by atoms with van der Waals surface area (Å²) >= 11 is 0.247. The van der Waals surface area contributed by atoms with Crippen LogP contribution in [-0.4, -0.2) is 53.1 Å². The van der Waals surface area contributed by atoms with Crippen LogP contribution in [0.4, 0.5) is 13.2 Å². The number of hydrogen-bond donors (Lipinski definition) is 1. The number of esters is 2. The Morgan fingerprint density at radius 3 is 1.92 bits per heavy atom. The van der Waals surface area contributed by atoms with Gasteiger partial charge in [-0.1, -0.05) is 48.2 Å². The lowest BCUT2D eigenvalue weighted by atomic mass is 9.86. The molecule has 0 bridgehead atoms. The second kappa shape index (κ2) is 10.5. The van der Waals surface area contributed by atoms with Gasteiger partial charge in [-0.3, -0.25) is 14.4 Å². The molecule has 1 aliphatic heterocycles. The van der Waals surface area contributed by atoms with E-state index in [0.717, 1.165) is 13.4 Å². The number of benzene rings is 2. The average Bonchev–Trinajstić information content (AvgIpc) is 3.10. The minimum Gasteiger partial charge on any atom is -0.468 e. The smallest absolute Gasteiger partial charge is 0.456 e. The van der Waals surface area contributed by atoms with Crippen LogP contribution in [0, 0.1) is 11.8 Å². The van der Waals surface area contributed by atoms with Crippen LogP contribution in [0.2, 0.25) is 0 Å². The average molecular weight is 548 g/mol. The van der Waals surface area contributed by atoms with Crippen molar-refractivity contribution >= 4 is 36.4 Å². The van der Waals surface area contributed by atoms with Crippen LogP contribution in [0.3, 0.4) is 0 Å². The van der Waals surface area contributed by atoms with Crippen molar-refractivity contribution in [1.82, 2.24) is 0 Å². The van der Waals surface area contributed by atoms with E-state index in [4.69, 9.17) is 9.05 Å². The summed E-state index contributed by atoms with van der Waals surface area (Å²) in [6, 6.07) is 14.3. The molecule has 1 saturated heterocycles. The second-order valence-electron chi connectivity index (χ2n) is 7.46. The summed E-state index contributed by atoms with van der Waals surface area (Å²) in [6.45, 7) is 0. The molecule has 1 aliphatic rings. The van der Waals surface area contributed by atoms with E-state index < -0.39 is 54.1 Å². The van der Waals surface area contributed by atoms with Gasteiger partial charge in [-0.25, -0.2) is 4.57 Å². The summed E-state index contributed by atoms with van der Waals surface area (Å²) in [4.78, 5) is 38.4. The molecule has 0 amide bonds. The molecule has 0 aliphatic carbocycles. The lowest BCUT2D eigenvalue weighted by Gasteiger charge is -2.32. The number of ether oxygens (including phenoxy) is 2. The number of rotatable bonds is 8. The van der Waals surface area contributed by atoms with Crippen LogP contribution in [0.25, 0.3) is 0 Å². The van der Waals surface area contributed by atoms with Gasteiger partial charge in [0.1, 0.15) is 23.3 Å². The minimum absolute atomic E-state index is 0.129. The number of carbonyl (C=O) groups excluding carboxylic acids is 3. The zero-order chi connectivity index (χ0) is 26.7. The van der Waals surface area contributed by atoms with Gasteiger partial charge in [-0.15, -0.1) is 0 Å². The Kier molecular flexibility index (Phi) is 8.07. The van der Waals surface area contributed by atoms with Gasteiger partial charge < -0.3 is 23.6 Å². The maximum atomic E-state index is 14.3. The van der Waals surface area contributed by atoms with Crippen LogP contribution in [-0.2, 0) is 28.4 Å². The minimum atomic E-state index is -5.64. The number of carbonyl (C=O) groups is 3. The topological polar surface area (TPSA) is 125 Å². The molecule has 0 spiro atoms. The van der Waals surface area contributed by atoms with Crippen molar-refractivity contribution in [2.24, 2.45) is 11.8 Å². The molecular weight excluding hydrogens is 528 g/mol. The van der Waals surface area contributed by atoms with E-state index in [2.05, 4.69) is 9.47 Å². The molecule has 2 aromatic carbocycles. The molecule has 0 aromatic heterocycles. The third-order valence-electron chi connectivity index (χ3n) is 5.25. The molecule has 0 radical (unpaired) electrons. The Labute approximate surface area is 207 Å². The van der Waals surface area contributed by atoms with Gasteiger partial charge in [0.2, 0.25) is 0 Å². The zero-order valence-corrected chi connectivity index (χ0v) is 20.4. The van der Waals surface area contributed by atoms with E-state index in [1.165, 1.54) is 48.5 Å². The molecule has 1 heterocycles. The summed E-state index contributed by atoms with van der Waals surface area (Å²) in [7, 11) is -4.22. The zero-order valence-electron chi connectivity index (χ0n) is 18.7. The van der Waals surface area contributed by atoms with Crippen molar-refractivity contribution in [2.45, 2.75) is 17.6 Å². The van der Waals surface area contributed by atoms with Gasteiger partial charge in [-0.2, -0.15) is 13.2 Å². The first-order valence-corrected chi connectivity index (χ1v) is 13.0. The van der Waals surface area contributed by atoms with E-state index in [9.17, 15) is 37.2 Å². The van der Waals surface area contributed by atoms with Crippen LogP contribution in [0.5, 0.6) is 11.5 Å². The number of alkyl halides is 3. The Morgan fingerprint density at radius 2 is 1.53 bits per heavy atom. The van der Waals surface area contributed by atoms with Gasteiger partial charge in [0.25, 0.3) is 0 Å². The molecule has 3 rings (SSSR count). The summed E-state index contributed by atoms with van der Waals surface area (Å²) in [5.74, 6) is -13.0. The lowest BCUT2D eigenvalue weighted by Crippen LogP contribution is -2.54. The van der Waals surface area contributed by atoms with Crippen molar-refractivity contribution in [3.8, 4) is 11.5 Å². The van der Waals surface area contributed by atoms with Crippen molar-refractivity contribution in [2.75, 3.05) is 13.4 Å². The largest absolute Gasteiger partial charge is 0.468 e. The SMILES string of the molecule is COC(=O)[C@@H]([C@H]1C(=O)O[C@@](O)(C(F)(F)F)[C@@H]1C(=O)SC)P(=O)(Oc1ccccc1)Oc1ccccc1. The van der Waals surface area contributed by atoms with Gasteiger partial charge in [0.15, 0.2) is 10.8 Å². The first-order valence-electron chi connectivity index (χ1n) is 10.1. The van der Waals surface area contributed by atoms with Crippen molar-refractivity contribution < 1.29 is 55.7 Å². The van der Waals surface area contributed by atoms with Crippen LogP contribution in [0.1, 0.15) is 0 Å². The van der Waals surface area contributed by atoms with Crippen molar-refractivity contribution in [1.29, 1.82) is 0 Å². The number of hydrogen-bond acceptors (Lipinski definition) is 10. The highest BCUT2D eigenvalue weighted by Gasteiger charge is 2.75. The second-order valence-corrected chi connectivity index (χ2v) is 10.3. The highest BCUT2D eigenvalue weighted by atomic mass is 32.2. The normalized spacial score (nSPS) is 22.9. The highest BCUT2D eigenvalue weighted by molar-refractivity contribution is 8.13. The maximum Gasteiger partial charge on any atom is 0.456 e. The van der Waals surface area contributed by atoms with E-state index in [1.54, 1.807) is 12.1 Å².